The van der Waals surface area contributed by atoms with Crippen LogP contribution in [0.25, 0.3) is 50.0 Å². The molecule has 0 fully saturated rings. The van der Waals surface area contributed by atoms with Gasteiger partial charge in [-0.05, 0) is 42.5 Å². The van der Waals surface area contributed by atoms with Gasteiger partial charge in [0, 0.05) is 17.1 Å². The molecule has 7 aromatic rings. The summed E-state index contributed by atoms with van der Waals surface area (Å²) in [6.45, 7) is 0. The Morgan fingerprint density at radius 1 is 0.889 bits per heavy atom. The molecule has 0 bridgehead atoms. The number of para-hydroxylation sites is 4. The van der Waals surface area contributed by atoms with E-state index in [9.17, 15) is 9.59 Å². The monoisotopic (exact) mass is 488 g/mol. The molecular weight excluding hydrogens is 472 g/mol. The van der Waals surface area contributed by atoms with Crippen LogP contribution in [0.3, 0.4) is 0 Å². The van der Waals surface area contributed by atoms with E-state index in [0.717, 1.165) is 22.1 Å². The second-order valence-electron chi connectivity index (χ2n) is 8.33. The van der Waals surface area contributed by atoms with Gasteiger partial charge in [-0.2, -0.15) is 5.10 Å². The molecule has 0 aliphatic heterocycles. The number of benzene rings is 3. The number of nitrogens with zero attached hydrogens (tertiary/aromatic N) is 4. The maximum atomic E-state index is 13.4. The van der Waals surface area contributed by atoms with Crippen LogP contribution in [0.5, 0.6) is 0 Å². The van der Waals surface area contributed by atoms with Crippen molar-refractivity contribution >= 4 is 44.4 Å². The normalized spacial score (nSPS) is 12.3. The minimum absolute atomic E-state index is 0.160. The van der Waals surface area contributed by atoms with Crippen molar-refractivity contribution < 1.29 is 4.42 Å². The summed E-state index contributed by atoms with van der Waals surface area (Å²) >= 11 is 1.31. The molecule has 4 heterocycles. The fourth-order valence-corrected chi connectivity index (χ4v) is 5.37. The van der Waals surface area contributed by atoms with Crippen LogP contribution >= 0.6 is 11.3 Å². The number of hydrogen-bond acceptors (Lipinski definition) is 6. The van der Waals surface area contributed by atoms with Gasteiger partial charge in [0.15, 0.2) is 4.96 Å². The Balaban J connectivity index is 1.50. The van der Waals surface area contributed by atoms with Crippen LogP contribution in [0.4, 0.5) is 0 Å². The first-order chi connectivity index (χ1) is 17.7. The molecule has 0 saturated heterocycles. The van der Waals surface area contributed by atoms with E-state index in [4.69, 9.17) is 9.52 Å². The van der Waals surface area contributed by atoms with E-state index >= 15 is 0 Å². The second-order valence-corrected chi connectivity index (χ2v) is 9.34. The van der Waals surface area contributed by atoms with Crippen LogP contribution in [0.2, 0.25) is 0 Å². The van der Waals surface area contributed by atoms with E-state index in [2.05, 4.69) is 4.98 Å². The smallest absolute Gasteiger partial charge is 0.345 e. The van der Waals surface area contributed by atoms with E-state index in [-0.39, 0.29) is 5.56 Å². The molecule has 7 rings (SSSR count). The van der Waals surface area contributed by atoms with Gasteiger partial charge in [0.25, 0.3) is 5.56 Å². The summed E-state index contributed by atoms with van der Waals surface area (Å²) in [5.74, 6) is 0. The standard InChI is InChI=1S/C28H16N4O3S/c33-26-24(36-28-29-21-11-5-6-12-22(21)32(26)28)15-18-16-31(19-9-2-1-3-10-19)30-25(18)20-14-17-8-4-7-13-23(17)35-27(20)34/h1-16H. The van der Waals surface area contributed by atoms with Gasteiger partial charge in [0.2, 0.25) is 0 Å². The van der Waals surface area contributed by atoms with Crippen LogP contribution in [-0.4, -0.2) is 19.2 Å². The topological polar surface area (TPSA) is 82.4 Å². The van der Waals surface area contributed by atoms with Gasteiger partial charge in [-0.15, -0.1) is 0 Å². The Morgan fingerprint density at radius 3 is 2.56 bits per heavy atom. The van der Waals surface area contributed by atoms with Crippen molar-refractivity contribution in [1.29, 1.82) is 0 Å². The molecule has 3 aromatic carbocycles. The Morgan fingerprint density at radius 2 is 1.67 bits per heavy atom. The van der Waals surface area contributed by atoms with E-state index in [0.29, 0.717) is 31.9 Å². The predicted molar refractivity (Wildman–Crippen MR) is 141 cm³/mol. The summed E-state index contributed by atoms with van der Waals surface area (Å²) in [5, 5.41) is 5.53. The van der Waals surface area contributed by atoms with Gasteiger partial charge in [-0.3, -0.25) is 4.79 Å². The van der Waals surface area contributed by atoms with Crippen LogP contribution in [0.15, 0.2) is 105 Å². The van der Waals surface area contributed by atoms with Crippen molar-refractivity contribution in [3.05, 3.63) is 122 Å². The summed E-state index contributed by atoms with van der Waals surface area (Å²) in [5.41, 5.74) is 3.63. The van der Waals surface area contributed by atoms with Gasteiger partial charge in [0.1, 0.15) is 11.3 Å². The lowest BCUT2D eigenvalue weighted by molar-refractivity contribution is 0.563. The number of imidazole rings is 1. The molecule has 0 unspecified atom stereocenters. The third-order valence-electron chi connectivity index (χ3n) is 6.09. The zero-order chi connectivity index (χ0) is 24.2. The SMILES string of the molecule is O=c1oc2ccccc2cc1-c1nn(-c2ccccc2)cc1C=c1sc2nc3ccccc3n2c1=O. The van der Waals surface area contributed by atoms with Crippen molar-refractivity contribution in [3.63, 3.8) is 0 Å². The number of fused-ring (bicyclic) bond motifs is 4. The van der Waals surface area contributed by atoms with Gasteiger partial charge < -0.3 is 4.42 Å². The fourth-order valence-electron chi connectivity index (χ4n) is 4.40. The van der Waals surface area contributed by atoms with Crippen LogP contribution < -0.4 is 15.7 Å². The molecule has 0 saturated carbocycles. The minimum Gasteiger partial charge on any atom is -0.422 e. The molecule has 0 spiro atoms. The highest BCUT2D eigenvalue weighted by Crippen LogP contribution is 2.25. The highest BCUT2D eigenvalue weighted by molar-refractivity contribution is 7.15. The summed E-state index contributed by atoms with van der Waals surface area (Å²) in [6.07, 6.45) is 3.59. The maximum absolute atomic E-state index is 13.4. The average Bonchev–Trinajstić information content (AvgIpc) is 3.57. The van der Waals surface area contributed by atoms with Crippen molar-refractivity contribution in [2.45, 2.75) is 0 Å². The Hall–Kier alpha value is -4.82. The fraction of sp³-hybridized carbons (Fsp3) is 0. The Bertz CT molecular complexity index is 2100. The molecule has 0 N–H and O–H groups in total. The number of aromatic nitrogens is 4. The van der Waals surface area contributed by atoms with E-state index < -0.39 is 5.63 Å². The zero-order valence-electron chi connectivity index (χ0n) is 18.7. The highest BCUT2D eigenvalue weighted by atomic mass is 32.1. The highest BCUT2D eigenvalue weighted by Gasteiger charge is 2.18. The third-order valence-corrected chi connectivity index (χ3v) is 7.06. The molecule has 36 heavy (non-hydrogen) atoms. The molecule has 4 aromatic heterocycles. The molecule has 0 radical (unpaired) electrons. The zero-order valence-corrected chi connectivity index (χ0v) is 19.5. The maximum Gasteiger partial charge on any atom is 0.345 e. The lowest BCUT2D eigenvalue weighted by Gasteiger charge is -2.01. The van der Waals surface area contributed by atoms with Gasteiger partial charge in [-0.25, -0.2) is 18.9 Å². The average molecular weight is 489 g/mol. The van der Waals surface area contributed by atoms with E-state index in [1.54, 1.807) is 27.3 Å². The summed E-state index contributed by atoms with van der Waals surface area (Å²) in [6, 6.07) is 26.3. The van der Waals surface area contributed by atoms with Crippen LogP contribution in [-0.2, 0) is 0 Å². The lowest BCUT2D eigenvalue weighted by Crippen LogP contribution is -2.22. The van der Waals surface area contributed by atoms with Crippen molar-refractivity contribution in [2.24, 2.45) is 0 Å². The molecule has 0 atom stereocenters. The molecule has 7 nitrogen and oxygen atoms in total. The Kier molecular flexibility index (Phi) is 4.49. The third kappa shape index (κ3) is 3.19. The first-order valence-corrected chi connectivity index (χ1v) is 12.1. The second kappa shape index (κ2) is 7.86. The number of rotatable bonds is 3. The quantitative estimate of drug-likeness (QED) is 0.344. The molecule has 0 aliphatic rings. The molecule has 172 valence electrons. The lowest BCUT2D eigenvalue weighted by atomic mass is 10.1. The molecular formula is C28H16N4O3S. The largest absolute Gasteiger partial charge is 0.422 e. The van der Waals surface area contributed by atoms with Gasteiger partial charge in [0.05, 0.1) is 26.8 Å². The Labute approximate surface area is 206 Å². The van der Waals surface area contributed by atoms with E-state index in [1.165, 1.54) is 11.3 Å². The van der Waals surface area contributed by atoms with Gasteiger partial charge in [-0.1, -0.05) is 59.9 Å². The predicted octanol–water partition coefficient (Wildman–Crippen LogP) is 4.42. The number of thiazole rings is 1. The molecule has 0 aliphatic carbocycles. The summed E-state index contributed by atoms with van der Waals surface area (Å²) in [7, 11) is 0. The van der Waals surface area contributed by atoms with Crippen molar-refractivity contribution in [1.82, 2.24) is 19.2 Å². The van der Waals surface area contributed by atoms with Gasteiger partial charge >= 0.3 is 5.63 Å². The minimum atomic E-state index is -0.490. The molecule has 0 amide bonds. The van der Waals surface area contributed by atoms with Crippen molar-refractivity contribution in [2.75, 3.05) is 0 Å². The first kappa shape index (κ1) is 20.5. The van der Waals surface area contributed by atoms with Crippen molar-refractivity contribution in [3.8, 4) is 16.9 Å². The molecule has 8 heteroatoms. The summed E-state index contributed by atoms with van der Waals surface area (Å²) < 4.78 is 9.41. The summed E-state index contributed by atoms with van der Waals surface area (Å²) in [4.78, 5) is 31.6. The van der Waals surface area contributed by atoms with Crippen LogP contribution in [0, 0.1) is 0 Å². The number of hydrogen-bond donors (Lipinski definition) is 0. The van der Waals surface area contributed by atoms with E-state index in [1.807, 2.05) is 79.0 Å². The first-order valence-electron chi connectivity index (χ1n) is 11.3. The van der Waals surface area contributed by atoms with Crippen LogP contribution in [0.1, 0.15) is 5.56 Å².